The normalized spacial score (nSPS) is 9.56. The van der Waals surface area contributed by atoms with Crippen molar-refractivity contribution in [1.29, 1.82) is 0 Å². The van der Waals surface area contributed by atoms with Crippen LogP contribution in [-0.4, -0.2) is 27.5 Å². The Kier molecular flexibility index (Phi) is 2.45. The molecule has 1 aromatic heterocycles. The second kappa shape index (κ2) is 3.15. The molecule has 0 fully saturated rings. The first-order valence-corrected chi connectivity index (χ1v) is 4.60. The first kappa shape index (κ1) is 6.99. The molecule has 0 unspecified atom stereocenters. The van der Waals surface area contributed by atoms with Gasteiger partial charge in [-0.3, -0.25) is 0 Å². The molecule has 0 amide bonds. The second-order valence-corrected chi connectivity index (χ2v) is 2.62. The first-order chi connectivity index (χ1) is 4.34. The van der Waals surface area contributed by atoms with E-state index < -0.39 is 0 Å². The monoisotopic (exact) mass is 230 g/mol. The Morgan fingerprint density at radius 1 is 1.67 bits per heavy atom. The maximum absolute atomic E-state index is 12.5. The van der Waals surface area contributed by atoms with E-state index in [1.165, 1.54) is 28.6 Å². The van der Waals surface area contributed by atoms with Crippen molar-refractivity contribution in [3.8, 4) is 0 Å². The summed E-state index contributed by atoms with van der Waals surface area (Å²) in [5, 5.41) is 0. The number of nitrogens with zero attached hydrogens (tertiary/aromatic N) is 1. The molecule has 0 atom stereocenters. The van der Waals surface area contributed by atoms with Crippen LogP contribution in [0.1, 0.15) is 5.69 Å². The van der Waals surface area contributed by atoms with Gasteiger partial charge >= 0.3 is 66.2 Å². The molecule has 1 rings (SSSR count). The van der Waals surface area contributed by atoms with E-state index in [2.05, 4.69) is 4.98 Å². The molecule has 0 aliphatic carbocycles. The van der Waals surface area contributed by atoms with E-state index in [1.54, 1.807) is 12.3 Å². The van der Waals surface area contributed by atoms with Gasteiger partial charge in [0.15, 0.2) is 0 Å². The Hall–Kier alpha value is -0.121. The van der Waals surface area contributed by atoms with Crippen LogP contribution in [0.15, 0.2) is 18.3 Å². The summed E-state index contributed by atoms with van der Waals surface area (Å²) in [6.07, 6.45) is 1.61. The number of rotatable bonds is 1. The fraction of sp³-hybridized carbons (Fsp3) is 0.167. The zero-order valence-electron chi connectivity index (χ0n) is 4.76. The van der Waals surface area contributed by atoms with E-state index in [0.29, 0.717) is 5.69 Å². The Morgan fingerprint density at radius 3 is 2.89 bits per heavy atom. The van der Waals surface area contributed by atoms with Gasteiger partial charge in [0.1, 0.15) is 0 Å². The predicted octanol–water partition coefficient (Wildman–Crippen LogP) is 0.889. The molecule has 0 aliphatic heterocycles. The van der Waals surface area contributed by atoms with Crippen molar-refractivity contribution in [2.75, 3.05) is 0 Å². The molecule has 0 bridgehead atoms. The fourth-order valence-electron chi connectivity index (χ4n) is 0.548. The van der Waals surface area contributed by atoms with Crippen molar-refractivity contribution in [2.24, 2.45) is 0 Å². The van der Waals surface area contributed by atoms with Gasteiger partial charge in [-0.05, 0) is 0 Å². The van der Waals surface area contributed by atoms with Crippen molar-refractivity contribution < 1.29 is 4.39 Å². The Bertz CT molecular complexity index is 202. The number of hydrogen-bond donors (Lipinski definition) is 0. The van der Waals surface area contributed by atoms with E-state index in [4.69, 9.17) is 0 Å². The van der Waals surface area contributed by atoms with Gasteiger partial charge < -0.3 is 0 Å². The molecule has 0 aromatic carbocycles. The summed E-state index contributed by atoms with van der Waals surface area (Å²) in [7, 11) is 0. The third-order valence-corrected chi connectivity index (χ3v) is 1.96. The van der Waals surface area contributed by atoms with Gasteiger partial charge in [-0.15, -0.1) is 0 Å². The molecule has 1 aromatic rings. The van der Waals surface area contributed by atoms with Gasteiger partial charge in [0, 0.05) is 0 Å². The van der Waals surface area contributed by atoms with Crippen LogP contribution >= 0.6 is 0 Å². The van der Waals surface area contributed by atoms with Crippen LogP contribution in [0.25, 0.3) is 0 Å². The van der Waals surface area contributed by atoms with Crippen LogP contribution in [0, 0.1) is 5.82 Å². The van der Waals surface area contributed by atoms with Crippen molar-refractivity contribution in [3.05, 3.63) is 29.8 Å². The summed E-state index contributed by atoms with van der Waals surface area (Å²) in [5.41, 5.74) is 0.579. The van der Waals surface area contributed by atoms with Crippen LogP contribution in [0.2, 0.25) is 0 Å². The summed E-state index contributed by atoms with van der Waals surface area (Å²) < 4.78 is 13.3. The molecule has 1 heterocycles. The van der Waals surface area contributed by atoms with Crippen LogP contribution in [-0.2, 0) is 4.44 Å². The van der Waals surface area contributed by atoms with E-state index >= 15 is 0 Å². The molecule has 45 valence electrons. The summed E-state index contributed by atoms with van der Waals surface area (Å²) in [6, 6.07) is 3.04. The molecular weight excluding hydrogens is 224 g/mol. The van der Waals surface area contributed by atoms with E-state index in [1.807, 2.05) is 0 Å². The average molecular weight is 229 g/mol. The Balaban J connectivity index is 3.01. The van der Waals surface area contributed by atoms with Gasteiger partial charge in [-0.2, -0.15) is 0 Å². The van der Waals surface area contributed by atoms with Gasteiger partial charge in [0.2, 0.25) is 0 Å². The van der Waals surface area contributed by atoms with Crippen LogP contribution < -0.4 is 0 Å². The summed E-state index contributed by atoms with van der Waals surface area (Å²) in [5.74, 6) is -0.186. The van der Waals surface area contributed by atoms with Gasteiger partial charge in [-0.1, -0.05) is 0 Å². The standard InChI is InChI=1S/C6H5FN.Sn/c1-5-6(7)3-2-4-8-5;/h2-4H,1H2;. The Labute approximate surface area is 66.4 Å². The molecule has 0 N–H and O–H groups in total. The average Bonchev–Trinajstić information content (AvgIpc) is 1.89. The van der Waals surface area contributed by atoms with Crippen LogP contribution in [0.4, 0.5) is 4.39 Å². The predicted molar refractivity (Wildman–Crippen MR) is 33.7 cm³/mol. The zero-order valence-corrected chi connectivity index (χ0v) is 7.62. The van der Waals surface area contributed by atoms with Gasteiger partial charge in [0.25, 0.3) is 0 Å². The van der Waals surface area contributed by atoms with Crippen molar-refractivity contribution in [1.82, 2.24) is 4.98 Å². The van der Waals surface area contributed by atoms with Crippen molar-refractivity contribution in [2.45, 2.75) is 4.44 Å². The fourth-order valence-corrected chi connectivity index (χ4v) is 1.29. The molecule has 0 saturated heterocycles. The quantitative estimate of drug-likeness (QED) is 0.651. The number of hydrogen-bond acceptors (Lipinski definition) is 1. The molecule has 3 heteroatoms. The molecular formula is C6H5FNSn. The molecule has 0 spiro atoms. The number of pyridine rings is 1. The third-order valence-electron chi connectivity index (χ3n) is 1.00. The molecule has 9 heavy (non-hydrogen) atoms. The molecule has 3 radical (unpaired) electrons. The molecule has 0 saturated carbocycles. The first-order valence-electron chi connectivity index (χ1n) is 2.58. The SMILES string of the molecule is Fc1cccnc1[CH2][Sn]. The van der Waals surface area contributed by atoms with E-state index in [9.17, 15) is 4.39 Å². The minimum atomic E-state index is -0.186. The Morgan fingerprint density at radius 2 is 2.44 bits per heavy atom. The zero-order chi connectivity index (χ0) is 6.69. The molecule has 1 nitrogen and oxygen atoms in total. The summed E-state index contributed by atoms with van der Waals surface area (Å²) >= 11 is 1.29. The topological polar surface area (TPSA) is 12.9 Å². The number of aromatic nitrogens is 1. The third kappa shape index (κ3) is 1.64. The van der Waals surface area contributed by atoms with Crippen molar-refractivity contribution in [3.63, 3.8) is 0 Å². The van der Waals surface area contributed by atoms with Crippen LogP contribution in [0.3, 0.4) is 0 Å². The minimum absolute atomic E-state index is 0.186. The van der Waals surface area contributed by atoms with E-state index in [0.717, 1.165) is 4.44 Å². The van der Waals surface area contributed by atoms with E-state index in [-0.39, 0.29) is 5.82 Å². The second-order valence-electron chi connectivity index (χ2n) is 1.61. The van der Waals surface area contributed by atoms with Crippen molar-refractivity contribution >= 4 is 22.5 Å². The number of halogens is 1. The summed E-state index contributed by atoms with van der Waals surface area (Å²) in [6.45, 7) is 0. The van der Waals surface area contributed by atoms with Crippen LogP contribution in [0.5, 0.6) is 0 Å². The summed E-state index contributed by atoms with van der Waals surface area (Å²) in [4.78, 5) is 3.84. The van der Waals surface area contributed by atoms with Gasteiger partial charge in [-0.25, -0.2) is 0 Å². The van der Waals surface area contributed by atoms with Gasteiger partial charge in [0.05, 0.1) is 0 Å². The molecule has 0 aliphatic rings. The maximum atomic E-state index is 12.5.